The van der Waals surface area contributed by atoms with E-state index in [-0.39, 0.29) is 11.2 Å². The first-order valence-corrected chi connectivity index (χ1v) is 8.99. The fraction of sp³-hybridized carbons (Fsp3) is 0.529. The van der Waals surface area contributed by atoms with E-state index >= 15 is 0 Å². The molecular formula is C17H25N3OS. The van der Waals surface area contributed by atoms with Gasteiger partial charge < -0.3 is 9.88 Å². The van der Waals surface area contributed by atoms with Crippen molar-refractivity contribution in [2.24, 2.45) is 0 Å². The molecule has 1 atom stereocenters. The number of nitrogens with zero attached hydrogens (tertiary/aromatic N) is 2. The Labute approximate surface area is 136 Å². The quantitative estimate of drug-likeness (QED) is 0.759. The highest BCUT2D eigenvalue weighted by molar-refractivity contribution is 8.00. The van der Waals surface area contributed by atoms with Crippen molar-refractivity contribution in [2.75, 3.05) is 12.3 Å². The molecule has 0 saturated carbocycles. The van der Waals surface area contributed by atoms with Gasteiger partial charge >= 0.3 is 0 Å². The molecule has 1 amide bonds. The molecule has 0 bridgehead atoms. The van der Waals surface area contributed by atoms with Gasteiger partial charge in [0.1, 0.15) is 5.82 Å². The first-order valence-electron chi connectivity index (χ1n) is 7.94. The minimum Gasteiger partial charge on any atom is -0.353 e. The second kappa shape index (κ2) is 8.22. The number of aromatic nitrogens is 2. The standard InChI is InChI=1S/C17H25N3OS/c1-4-5-12-22-13(2)17(21)18-10-11-20-14(3)19-15-8-6-7-9-16(15)20/h6-9,13H,4-5,10-12H2,1-3H3,(H,18,21). The van der Waals surface area contributed by atoms with E-state index in [2.05, 4.69) is 27.9 Å². The number of carbonyl (C=O) groups excluding carboxylic acids is 1. The third kappa shape index (κ3) is 4.26. The summed E-state index contributed by atoms with van der Waals surface area (Å²) in [4.78, 5) is 16.6. The molecule has 22 heavy (non-hydrogen) atoms. The molecule has 0 fully saturated rings. The Hall–Kier alpha value is -1.49. The Kier molecular flexibility index (Phi) is 6.31. The molecular weight excluding hydrogens is 294 g/mol. The number of rotatable bonds is 8. The van der Waals surface area contributed by atoms with Crippen LogP contribution in [0.25, 0.3) is 11.0 Å². The zero-order chi connectivity index (χ0) is 15.9. The topological polar surface area (TPSA) is 46.9 Å². The predicted molar refractivity (Wildman–Crippen MR) is 94.3 cm³/mol. The van der Waals surface area contributed by atoms with Crippen molar-refractivity contribution < 1.29 is 4.79 Å². The van der Waals surface area contributed by atoms with Crippen molar-refractivity contribution in [1.82, 2.24) is 14.9 Å². The lowest BCUT2D eigenvalue weighted by Crippen LogP contribution is -2.33. The van der Waals surface area contributed by atoms with Gasteiger partial charge in [0.15, 0.2) is 0 Å². The minimum absolute atomic E-state index is 0.0205. The fourth-order valence-electron chi connectivity index (χ4n) is 2.39. The summed E-state index contributed by atoms with van der Waals surface area (Å²) in [6.07, 6.45) is 2.34. The summed E-state index contributed by atoms with van der Waals surface area (Å²) in [5.74, 6) is 2.17. The SMILES string of the molecule is CCCCSC(C)C(=O)NCCn1c(C)nc2ccccc21. The molecule has 5 heteroatoms. The van der Waals surface area contributed by atoms with Crippen LogP contribution in [0.5, 0.6) is 0 Å². The van der Waals surface area contributed by atoms with Crippen LogP contribution in [0.4, 0.5) is 0 Å². The molecule has 120 valence electrons. The molecule has 0 radical (unpaired) electrons. The van der Waals surface area contributed by atoms with Crippen molar-refractivity contribution in [3.63, 3.8) is 0 Å². The van der Waals surface area contributed by atoms with Crippen molar-refractivity contribution in [3.8, 4) is 0 Å². The molecule has 1 aromatic carbocycles. The number of fused-ring (bicyclic) bond motifs is 1. The number of para-hydroxylation sites is 2. The highest BCUT2D eigenvalue weighted by Crippen LogP contribution is 2.15. The molecule has 0 aliphatic rings. The summed E-state index contributed by atoms with van der Waals surface area (Å²) < 4.78 is 2.16. The van der Waals surface area contributed by atoms with Gasteiger partial charge in [-0.15, -0.1) is 11.8 Å². The van der Waals surface area contributed by atoms with Crippen LogP contribution in [-0.4, -0.2) is 33.0 Å². The number of thioether (sulfide) groups is 1. The van der Waals surface area contributed by atoms with Crippen molar-refractivity contribution in [3.05, 3.63) is 30.1 Å². The Morgan fingerprint density at radius 2 is 2.18 bits per heavy atom. The number of hydrogen-bond donors (Lipinski definition) is 1. The highest BCUT2D eigenvalue weighted by atomic mass is 32.2. The van der Waals surface area contributed by atoms with Gasteiger partial charge in [-0.1, -0.05) is 25.5 Å². The van der Waals surface area contributed by atoms with Crippen molar-refractivity contribution in [1.29, 1.82) is 0 Å². The van der Waals surface area contributed by atoms with Crippen LogP contribution in [0, 0.1) is 6.92 Å². The van der Waals surface area contributed by atoms with E-state index < -0.39 is 0 Å². The number of nitrogens with one attached hydrogen (secondary N) is 1. The lowest BCUT2D eigenvalue weighted by Gasteiger charge is -2.13. The molecule has 4 nitrogen and oxygen atoms in total. The maximum atomic E-state index is 12.1. The average Bonchev–Trinajstić information content (AvgIpc) is 2.83. The molecule has 0 aliphatic heterocycles. The molecule has 1 N–H and O–H groups in total. The van der Waals surface area contributed by atoms with E-state index in [9.17, 15) is 4.79 Å². The molecule has 1 aromatic heterocycles. The maximum Gasteiger partial charge on any atom is 0.232 e. The summed E-state index contributed by atoms with van der Waals surface area (Å²) >= 11 is 1.73. The van der Waals surface area contributed by atoms with Gasteiger partial charge in [-0.05, 0) is 38.2 Å². The summed E-state index contributed by atoms with van der Waals surface area (Å²) in [6, 6.07) is 8.10. The van der Waals surface area contributed by atoms with Gasteiger partial charge in [-0.2, -0.15) is 0 Å². The first kappa shape index (κ1) is 16.9. The van der Waals surface area contributed by atoms with Gasteiger partial charge in [-0.25, -0.2) is 4.98 Å². The second-order valence-electron chi connectivity index (χ2n) is 5.46. The van der Waals surface area contributed by atoms with Gasteiger partial charge in [0.2, 0.25) is 5.91 Å². The maximum absolute atomic E-state index is 12.1. The zero-order valence-electron chi connectivity index (χ0n) is 13.6. The van der Waals surface area contributed by atoms with Crippen LogP contribution in [-0.2, 0) is 11.3 Å². The number of imidazole rings is 1. The zero-order valence-corrected chi connectivity index (χ0v) is 14.4. The summed E-state index contributed by atoms with van der Waals surface area (Å²) in [6.45, 7) is 7.55. The van der Waals surface area contributed by atoms with E-state index in [0.717, 1.165) is 29.2 Å². The molecule has 2 rings (SSSR count). The Balaban J connectivity index is 1.85. The van der Waals surface area contributed by atoms with Crippen LogP contribution in [0.2, 0.25) is 0 Å². The van der Waals surface area contributed by atoms with Crippen molar-refractivity contribution in [2.45, 2.75) is 45.4 Å². The Morgan fingerprint density at radius 3 is 2.95 bits per heavy atom. The van der Waals surface area contributed by atoms with E-state index in [1.165, 1.54) is 12.8 Å². The van der Waals surface area contributed by atoms with Crippen LogP contribution in [0.15, 0.2) is 24.3 Å². The van der Waals surface area contributed by atoms with E-state index in [4.69, 9.17) is 0 Å². The molecule has 1 unspecified atom stereocenters. The van der Waals surface area contributed by atoms with Gasteiger partial charge in [0.25, 0.3) is 0 Å². The molecule has 2 aromatic rings. The first-order chi connectivity index (χ1) is 10.6. The highest BCUT2D eigenvalue weighted by Gasteiger charge is 2.13. The Morgan fingerprint density at radius 1 is 1.41 bits per heavy atom. The van der Waals surface area contributed by atoms with Crippen LogP contribution in [0.1, 0.15) is 32.5 Å². The monoisotopic (exact) mass is 319 g/mol. The third-order valence-corrected chi connectivity index (χ3v) is 4.95. The largest absolute Gasteiger partial charge is 0.353 e. The predicted octanol–water partition coefficient (Wildman–Crippen LogP) is 3.38. The molecule has 0 aliphatic carbocycles. The Bertz CT molecular complexity index is 623. The third-order valence-electron chi connectivity index (χ3n) is 3.72. The van der Waals surface area contributed by atoms with Gasteiger partial charge in [-0.3, -0.25) is 4.79 Å². The lowest BCUT2D eigenvalue weighted by atomic mass is 10.3. The summed E-state index contributed by atoms with van der Waals surface area (Å²) in [7, 11) is 0. The van der Waals surface area contributed by atoms with Crippen LogP contribution >= 0.6 is 11.8 Å². The van der Waals surface area contributed by atoms with Crippen molar-refractivity contribution >= 4 is 28.7 Å². The summed E-state index contributed by atoms with van der Waals surface area (Å²) in [5, 5.41) is 3.05. The number of amides is 1. The number of benzene rings is 1. The lowest BCUT2D eigenvalue weighted by molar-refractivity contribution is -0.120. The summed E-state index contributed by atoms with van der Waals surface area (Å²) in [5.41, 5.74) is 2.13. The van der Waals surface area contributed by atoms with E-state index in [1.54, 1.807) is 11.8 Å². The smallest absolute Gasteiger partial charge is 0.232 e. The van der Waals surface area contributed by atoms with Gasteiger partial charge in [0, 0.05) is 13.1 Å². The molecule has 1 heterocycles. The minimum atomic E-state index is 0.0205. The second-order valence-corrected chi connectivity index (χ2v) is 6.91. The average molecular weight is 319 g/mol. The normalized spacial score (nSPS) is 12.5. The number of aryl methyl sites for hydroxylation is 1. The van der Waals surface area contributed by atoms with Crippen LogP contribution in [0.3, 0.4) is 0 Å². The van der Waals surface area contributed by atoms with Gasteiger partial charge in [0.05, 0.1) is 16.3 Å². The molecule has 0 saturated heterocycles. The number of unbranched alkanes of at least 4 members (excludes halogenated alkanes) is 1. The number of hydrogen-bond acceptors (Lipinski definition) is 3. The van der Waals surface area contributed by atoms with E-state index in [1.807, 2.05) is 32.0 Å². The molecule has 0 spiro atoms. The van der Waals surface area contributed by atoms with E-state index in [0.29, 0.717) is 6.54 Å². The van der Waals surface area contributed by atoms with Crippen LogP contribution < -0.4 is 5.32 Å². The number of carbonyl (C=O) groups is 1. The fourth-order valence-corrected chi connectivity index (χ4v) is 3.44.